The molecule has 4 heteroatoms. The molecule has 1 aromatic carbocycles. The number of amides is 1. The zero-order valence-corrected chi connectivity index (χ0v) is 15.5. The van der Waals surface area contributed by atoms with Gasteiger partial charge in [-0.2, -0.15) is 0 Å². The summed E-state index contributed by atoms with van der Waals surface area (Å²) in [5.41, 5.74) is 2.92. The van der Waals surface area contributed by atoms with Gasteiger partial charge in [-0.25, -0.2) is 0 Å². The number of benzene rings is 1. The number of quaternary nitrogens is 1. The Labute approximate surface area is 140 Å². The lowest BCUT2D eigenvalue weighted by atomic mass is 10.1. The first-order chi connectivity index (χ1) is 10.3. The van der Waals surface area contributed by atoms with Crippen molar-refractivity contribution < 1.29 is 9.28 Å². The maximum Gasteiger partial charge on any atom is 0.282 e. The first kappa shape index (κ1) is 19.0. The number of hydrogen-bond donors (Lipinski definition) is 1. The van der Waals surface area contributed by atoms with E-state index < -0.39 is 0 Å². The Morgan fingerprint density at radius 1 is 1.09 bits per heavy atom. The van der Waals surface area contributed by atoms with E-state index in [4.69, 9.17) is 11.6 Å². The van der Waals surface area contributed by atoms with E-state index in [9.17, 15) is 4.79 Å². The van der Waals surface area contributed by atoms with Crippen molar-refractivity contribution in [3.63, 3.8) is 0 Å². The number of rotatable bonds is 7. The molecule has 0 bridgehead atoms. The Morgan fingerprint density at radius 2 is 1.55 bits per heavy atom. The Kier molecular flexibility index (Phi) is 6.89. The van der Waals surface area contributed by atoms with Gasteiger partial charge < -0.3 is 9.80 Å². The molecule has 0 spiro atoms. The maximum atomic E-state index is 12.9. The monoisotopic (exact) mass is 325 g/mol. The van der Waals surface area contributed by atoms with Crippen molar-refractivity contribution in [2.45, 2.75) is 54.0 Å². The normalized spacial score (nSPS) is 13.0. The third-order valence-corrected chi connectivity index (χ3v) is 5.20. The van der Waals surface area contributed by atoms with Gasteiger partial charge in [0.1, 0.15) is 0 Å². The highest BCUT2D eigenvalue weighted by atomic mass is 35.5. The van der Waals surface area contributed by atoms with Crippen LogP contribution < -0.4 is 5.32 Å². The SMILES string of the molecule is CCC(C(=O)Nc1c(C)cc(Cl)cc1C)[N+](CC)(CC)CC. The van der Waals surface area contributed by atoms with Crippen LogP contribution >= 0.6 is 11.6 Å². The molecule has 0 saturated carbocycles. The largest absolute Gasteiger partial charge is 0.320 e. The molecule has 0 aliphatic rings. The van der Waals surface area contributed by atoms with Crippen LogP contribution in [0.15, 0.2) is 12.1 Å². The lowest BCUT2D eigenvalue weighted by Crippen LogP contribution is -2.59. The zero-order chi connectivity index (χ0) is 16.9. The molecule has 1 amide bonds. The first-order valence-corrected chi connectivity index (χ1v) is 8.66. The van der Waals surface area contributed by atoms with Gasteiger partial charge >= 0.3 is 0 Å². The second-order valence-electron chi connectivity index (χ2n) is 6.00. The van der Waals surface area contributed by atoms with Crippen LogP contribution in [0.3, 0.4) is 0 Å². The predicted molar refractivity (Wildman–Crippen MR) is 95.5 cm³/mol. The minimum absolute atomic E-state index is 0.0190. The van der Waals surface area contributed by atoms with Gasteiger partial charge in [-0.15, -0.1) is 0 Å². The molecule has 124 valence electrons. The molecule has 22 heavy (non-hydrogen) atoms. The van der Waals surface area contributed by atoms with Crippen LogP contribution in [0.5, 0.6) is 0 Å². The average molecular weight is 326 g/mol. The molecule has 1 rings (SSSR count). The molecule has 0 aliphatic carbocycles. The van der Waals surface area contributed by atoms with Crippen LogP contribution in [-0.4, -0.2) is 36.1 Å². The molecule has 0 aromatic heterocycles. The molecule has 1 aromatic rings. The molecule has 1 unspecified atom stereocenters. The second kappa shape index (κ2) is 7.98. The van der Waals surface area contributed by atoms with E-state index in [1.54, 1.807) is 0 Å². The van der Waals surface area contributed by atoms with Gasteiger partial charge in [0.2, 0.25) is 0 Å². The summed E-state index contributed by atoms with van der Waals surface area (Å²) >= 11 is 6.07. The Morgan fingerprint density at radius 3 is 1.91 bits per heavy atom. The molecule has 0 fully saturated rings. The predicted octanol–water partition coefficient (Wildman–Crippen LogP) is 4.55. The highest BCUT2D eigenvalue weighted by molar-refractivity contribution is 6.30. The minimum atomic E-state index is -0.0190. The Bertz CT molecular complexity index is 493. The molecule has 3 nitrogen and oxygen atoms in total. The fourth-order valence-electron chi connectivity index (χ4n) is 3.47. The van der Waals surface area contributed by atoms with Crippen LogP contribution in [0, 0.1) is 13.8 Å². The number of halogens is 1. The summed E-state index contributed by atoms with van der Waals surface area (Å²) in [5.74, 6) is 0.113. The van der Waals surface area contributed by atoms with Gasteiger partial charge in [-0.05, 0) is 57.9 Å². The zero-order valence-electron chi connectivity index (χ0n) is 14.8. The summed E-state index contributed by atoms with van der Waals surface area (Å²) in [7, 11) is 0. The van der Waals surface area contributed by atoms with Crippen molar-refractivity contribution in [2.75, 3.05) is 25.0 Å². The molecule has 1 atom stereocenters. The fourth-order valence-corrected chi connectivity index (χ4v) is 3.80. The molecular weight excluding hydrogens is 296 g/mol. The molecule has 0 aliphatic heterocycles. The van der Waals surface area contributed by atoms with E-state index in [0.717, 1.165) is 47.4 Å². The van der Waals surface area contributed by atoms with Crippen molar-refractivity contribution in [1.29, 1.82) is 0 Å². The standard InChI is InChI=1S/C18H29ClN2O/c1-7-16(21(8-2,9-3)10-4)18(22)20-17-13(5)11-15(19)12-14(17)6/h11-12,16H,7-10H2,1-6H3/p+1. The molecular formula is C18H30ClN2O+. The van der Waals surface area contributed by atoms with Gasteiger partial charge in [-0.1, -0.05) is 18.5 Å². The number of aryl methyl sites for hydroxylation is 2. The second-order valence-corrected chi connectivity index (χ2v) is 6.43. The molecule has 0 radical (unpaired) electrons. The number of carbonyl (C=O) groups is 1. The number of nitrogens with one attached hydrogen (secondary N) is 1. The lowest BCUT2D eigenvalue weighted by Gasteiger charge is -2.41. The average Bonchev–Trinajstić information content (AvgIpc) is 2.48. The number of likely N-dealkylation sites (N-methyl/N-ethyl adjacent to an activating group) is 1. The van der Waals surface area contributed by atoms with Gasteiger partial charge in [0, 0.05) is 17.1 Å². The highest BCUT2D eigenvalue weighted by Crippen LogP contribution is 2.26. The summed E-state index contributed by atoms with van der Waals surface area (Å²) in [4.78, 5) is 12.9. The Hall–Kier alpha value is -1.06. The third-order valence-electron chi connectivity index (χ3n) is 4.99. The van der Waals surface area contributed by atoms with Gasteiger partial charge in [-0.3, -0.25) is 4.79 Å². The van der Waals surface area contributed by atoms with Crippen LogP contribution in [-0.2, 0) is 4.79 Å². The molecule has 0 saturated heterocycles. The maximum absolute atomic E-state index is 12.9. The van der Waals surface area contributed by atoms with Crippen molar-refractivity contribution in [3.8, 4) is 0 Å². The van der Waals surface area contributed by atoms with Gasteiger partial charge in [0.15, 0.2) is 6.04 Å². The van der Waals surface area contributed by atoms with E-state index in [1.807, 2.05) is 26.0 Å². The van der Waals surface area contributed by atoms with Crippen molar-refractivity contribution in [1.82, 2.24) is 0 Å². The van der Waals surface area contributed by atoms with Crippen LogP contribution in [0.4, 0.5) is 5.69 Å². The fraction of sp³-hybridized carbons (Fsp3) is 0.611. The summed E-state index contributed by atoms with van der Waals surface area (Å²) in [6.07, 6.45) is 0.840. The van der Waals surface area contributed by atoms with Crippen molar-refractivity contribution in [3.05, 3.63) is 28.3 Å². The summed E-state index contributed by atoms with van der Waals surface area (Å²) in [5, 5.41) is 3.86. The Balaban J connectivity index is 3.09. The van der Waals surface area contributed by atoms with Crippen molar-refractivity contribution in [2.24, 2.45) is 0 Å². The van der Waals surface area contributed by atoms with Gasteiger partial charge in [0.25, 0.3) is 5.91 Å². The van der Waals surface area contributed by atoms with E-state index in [2.05, 4.69) is 33.0 Å². The highest BCUT2D eigenvalue weighted by Gasteiger charge is 2.37. The molecule has 0 heterocycles. The third kappa shape index (κ3) is 3.82. The smallest absolute Gasteiger partial charge is 0.282 e. The van der Waals surface area contributed by atoms with Crippen molar-refractivity contribution >= 4 is 23.2 Å². The number of carbonyl (C=O) groups excluding carboxylic acids is 1. The molecule has 1 N–H and O–H groups in total. The first-order valence-electron chi connectivity index (χ1n) is 8.28. The van der Waals surface area contributed by atoms with Crippen LogP contribution in [0.1, 0.15) is 45.2 Å². The minimum Gasteiger partial charge on any atom is -0.320 e. The summed E-state index contributed by atoms with van der Waals surface area (Å²) < 4.78 is 0.827. The quantitative estimate of drug-likeness (QED) is 0.732. The van der Waals surface area contributed by atoms with Gasteiger partial charge in [0.05, 0.1) is 19.6 Å². The van der Waals surface area contributed by atoms with Crippen LogP contribution in [0.2, 0.25) is 5.02 Å². The number of anilines is 1. The van der Waals surface area contributed by atoms with E-state index in [1.165, 1.54) is 0 Å². The number of nitrogens with zero attached hydrogens (tertiary/aromatic N) is 1. The van der Waals surface area contributed by atoms with E-state index in [0.29, 0.717) is 5.02 Å². The summed E-state index contributed by atoms with van der Waals surface area (Å²) in [6.45, 7) is 15.5. The van der Waals surface area contributed by atoms with E-state index >= 15 is 0 Å². The summed E-state index contributed by atoms with van der Waals surface area (Å²) in [6, 6.07) is 3.77. The lowest BCUT2D eigenvalue weighted by molar-refractivity contribution is -0.938. The van der Waals surface area contributed by atoms with E-state index in [-0.39, 0.29) is 11.9 Å². The topological polar surface area (TPSA) is 29.1 Å². The number of hydrogen-bond acceptors (Lipinski definition) is 1. The van der Waals surface area contributed by atoms with Crippen LogP contribution in [0.25, 0.3) is 0 Å².